The van der Waals surface area contributed by atoms with Crippen molar-refractivity contribution in [2.45, 2.75) is 31.9 Å². The molecule has 0 fully saturated rings. The molecule has 0 saturated carbocycles. The minimum absolute atomic E-state index is 0.0701. The SMILES string of the molecule is CCC(N)C(OCCCOCCOC)c1ccccc1Cl. The maximum absolute atomic E-state index is 6.24. The summed E-state index contributed by atoms with van der Waals surface area (Å²) in [6.07, 6.45) is 1.48. The van der Waals surface area contributed by atoms with Crippen molar-refractivity contribution in [2.75, 3.05) is 33.5 Å². The number of methoxy groups -OCH3 is 1. The van der Waals surface area contributed by atoms with Gasteiger partial charge >= 0.3 is 0 Å². The summed E-state index contributed by atoms with van der Waals surface area (Å²) in [5, 5.41) is 0.697. The molecule has 0 aliphatic rings. The molecule has 2 unspecified atom stereocenters. The Morgan fingerprint density at radius 2 is 1.90 bits per heavy atom. The van der Waals surface area contributed by atoms with Crippen molar-refractivity contribution in [3.8, 4) is 0 Å². The van der Waals surface area contributed by atoms with Crippen molar-refractivity contribution in [3.05, 3.63) is 34.9 Å². The maximum Gasteiger partial charge on any atom is 0.0989 e. The van der Waals surface area contributed by atoms with Crippen LogP contribution in [0.25, 0.3) is 0 Å². The first-order valence-electron chi connectivity index (χ1n) is 7.39. The van der Waals surface area contributed by atoms with Gasteiger partial charge in [0, 0.05) is 37.0 Å². The van der Waals surface area contributed by atoms with Gasteiger partial charge in [-0.1, -0.05) is 36.7 Å². The van der Waals surface area contributed by atoms with Gasteiger partial charge in [-0.2, -0.15) is 0 Å². The fraction of sp³-hybridized carbons (Fsp3) is 0.625. The van der Waals surface area contributed by atoms with E-state index in [1.54, 1.807) is 7.11 Å². The summed E-state index contributed by atoms with van der Waals surface area (Å²) in [5.74, 6) is 0. The van der Waals surface area contributed by atoms with Gasteiger partial charge in [0.2, 0.25) is 0 Å². The summed E-state index contributed by atoms with van der Waals surface area (Å²) in [7, 11) is 1.66. The van der Waals surface area contributed by atoms with E-state index < -0.39 is 0 Å². The monoisotopic (exact) mass is 315 g/mol. The smallest absolute Gasteiger partial charge is 0.0989 e. The van der Waals surface area contributed by atoms with Gasteiger partial charge in [0.05, 0.1) is 19.3 Å². The fourth-order valence-electron chi connectivity index (χ4n) is 1.98. The number of hydrogen-bond acceptors (Lipinski definition) is 4. The van der Waals surface area contributed by atoms with Gasteiger partial charge in [0.1, 0.15) is 0 Å². The zero-order valence-electron chi connectivity index (χ0n) is 12.9. The molecule has 2 atom stereocenters. The topological polar surface area (TPSA) is 53.7 Å². The highest BCUT2D eigenvalue weighted by Crippen LogP contribution is 2.28. The predicted octanol–water partition coefficient (Wildman–Crippen LogP) is 3.19. The molecule has 1 aromatic rings. The van der Waals surface area contributed by atoms with Crippen LogP contribution in [-0.2, 0) is 14.2 Å². The Morgan fingerprint density at radius 3 is 2.57 bits per heavy atom. The Hall–Kier alpha value is -0.650. The third-order valence-electron chi connectivity index (χ3n) is 3.23. The average molecular weight is 316 g/mol. The van der Waals surface area contributed by atoms with Crippen LogP contribution in [0.4, 0.5) is 0 Å². The van der Waals surface area contributed by atoms with E-state index in [0.29, 0.717) is 31.5 Å². The van der Waals surface area contributed by atoms with Gasteiger partial charge < -0.3 is 19.9 Å². The second kappa shape index (κ2) is 11.0. The van der Waals surface area contributed by atoms with Crippen LogP contribution in [0.5, 0.6) is 0 Å². The molecule has 5 heteroatoms. The lowest BCUT2D eigenvalue weighted by atomic mass is 10.0. The molecule has 1 aromatic carbocycles. The fourth-order valence-corrected chi connectivity index (χ4v) is 2.22. The van der Waals surface area contributed by atoms with Gasteiger partial charge in [-0.05, 0) is 18.9 Å². The Labute approximate surface area is 132 Å². The summed E-state index contributed by atoms with van der Waals surface area (Å²) in [6.45, 7) is 4.52. The number of halogens is 1. The van der Waals surface area contributed by atoms with Crippen LogP contribution in [0, 0.1) is 0 Å². The molecular weight excluding hydrogens is 290 g/mol. The first kappa shape index (κ1) is 18.4. The lowest BCUT2D eigenvalue weighted by Gasteiger charge is -2.24. The normalized spacial score (nSPS) is 14.1. The van der Waals surface area contributed by atoms with Crippen molar-refractivity contribution in [3.63, 3.8) is 0 Å². The minimum Gasteiger partial charge on any atom is -0.382 e. The summed E-state index contributed by atoms with van der Waals surface area (Å²) in [5.41, 5.74) is 7.12. The van der Waals surface area contributed by atoms with Crippen molar-refractivity contribution >= 4 is 11.6 Å². The Kier molecular flexibility index (Phi) is 9.63. The molecule has 120 valence electrons. The van der Waals surface area contributed by atoms with E-state index in [9.17, 15) is 0 Å². The van der Waals surface area contributed by atoms with Gasteiger partial charge in [0.25, 0.3) is 0 Å². The summed E-state index contributed by atoms with van der Waals surface area (Å²) < 4.78 is 16.3. The Balaban J connectivity index is 2.43. The highest BCUT2D eigenvalue weighted by Gasteiger charge is 2.21. The highest BCUT2D eigenvalue weighted by molar-refractivity contribution is 6.31. The zero-order chi connectivity index (χ0) is 15.5. The van der Waals surface area contributed by atoms with Gasteiger partial charge in [-0.25, -0.2) is 0 Å². The van der Waals surface area contributed by atoms with E-state index in [1.807, 2.05) is 31.2 Å². The molecule has 4 nitrogen and oxygen atoms in total. The molecule has 0 spiro atoms. The molecule has 0 bridgehead atoms. The van der Waals surface area contributed by atoms with Crippen molar-refractivity contribution in [1.29, 1.82) is 0 Å². The van der Waals surface area contributed by atoms with E-state index in [2.05, 4.69) is 0 Å². The van der Waals surface area contributed by atoms with Crippen molar-refractivity contribution < 1.29 is 14.2 Å². The third-order valence-corrected chi connectivity index (χ3v) is 3.58. The van der Waals surface area contributed by atoms with E-state index in [-0.39, 0.29) is 12.1 Å². The molecule has 0 saturated heterocycles. The lowest BCUT2D eigenvalue weighted by molar-refractivity contribution is 0.0113. The Morgan fingerprint density at radius 1 is 1.14 bits per heavy atom. The highest BCUT2D eigenvalue weighted by atomic mass is 35.5. The number of ether oxygens (including phenoxy) is 3. The quantitative estimate of drug-likeness (QED) is 0.637. The molecule has 0 heterocycles. The van der Waals surface area contributed by atoms with Crippen molar-refractivity contribution in [1.82, 2.24) is 0 Å². The average Bonchev–Trinajstić information content (AvgIpc) is 2.50. The summed E-state index contributed by atoms with van der Waals surface area (Å²) >= 11 is 6.24. The van der Waals surface area contributed by atoms with E-state index in [4.69, 9.17) is 31.5 Å². The van der Waals surface area contributed by atoms with E-state index in [0.717, 1.165) is 18.4 Å². The van der Waals surface area contributed by atoms with Crippen LogP contribution in [0.15, 0.2) is 24.3 Å². The second-order valence-corrected chi connectivity index (χ2v) is 5.25. The Bertz CT molecular complexity index is 390. The van der Waals surface area contributed by atoms with Crippen LogP contribution < -0.4 is 5.73 Å². The third kappa shape index (κ3) is 6.76. The number of nitrogens with two attached hydrogens (primary N) is 1. The second-order valence-electron chi connectivity index (χ2n) is 4.84. The van der Waals surface area contributed by atoms with E-state index in [1.165, 1.54) is 0 Å². The molecule has 0 radical (unpaired) electrons. The van der Waals surface area contributed by atoms with Crippen LogP contribution in [0.3, 0.4) is 0 Å². The number of rotatable bonds is 11. The van der Waals surface area contributed by atoms with Crippen LogP contribution in [0.2, 0.25) is 5.02 Å². The minimum atomic E-state index is -0.178. The molecule has 2 N–H and O–H groups in total. The zero-order valence-corrected chi connectivity index (χ0v) is 13.6. The van der Waals surface area contributed by atoms with Crippen LogP contribution >= 0.6 is 11.6 Å². The first-order valence-corrected chi connectivity index (χ1v) is 7.76. The van der Waals surface area contributed by atoms with Gasteiger partial charge in [-0.3, -0.25) is 0 Å². The molecule has 0 amide bonds. The predicted molar refractivity (Wildman–Crippen MR) is 85.7 cm³/mol. The molecule has 21 heavy (non-hydrogen) atoms. The van der Waals surface area contributed by atoms with Gasteiger partial charge in [-0.15, -0.1) is 0 Å². The molecule has 0 aliphatic heterocycles. The van der Waals surface area contributed by atoms with E-state index >= 15 is 0 Å². The maximum atomic E-state index is 6.24. The largest absolute Gasteiger partial charge is 0.382 e. The molecule has 0 aliphatic carbocycles. The lowest BCUT2D eigenvalue weighted by Crippen LogP contribution is -2.30. The standard InChI is InChI=1S/C16H26ClNO3/c1-3-15(18)16(13-7-4-5-8-14(13)17)21-10-6-9-20-12-11-19-2/h4-5,7-8,15-16H,3,6,9-12,18H2,1-2H3. The van der Waals surface area contributed by atoms with Crippen LogP contribution in [0.1, 0.15) is 31.4 Å². The van der Waals surface area contributed by atoms with Gasteiger partial charge in [0.15, 0.2) is 0 Å². The first-order chi connectivity index (χ1) is 10.2. The number of hydrogen-bond donors (Lipinski definition) is 1. The van der Waals surface area contributed by atoms with Crippen LogP contribution in [-0.4, -0.2) is 39.6 Å². The summed E-state index contributed by atoms with van der Waals surface area (Å²) in [4.78, 5) is 0. The molecule has 1 rings (SSSR count). The molecule has 0 aromatic heterocycles. The van der Waals surface area contributed by atoms with Crippen molar-refractivity contribution in [2.24, 2.45) is 5.73 Å². The number of benzene rings is 1. The molecular formula is C16H26ClNO3. The summed E-state index contributed by atoms with van der Waals surface area (Å²) in [6, 6.07) is 7.62.